The van der Waals surface area contributed by atoms with Crippen molar-refractivity contribution < 1.29 is 44.7 Å². The third-order valence-electron chi connectivity index (χ3n) is 13.4. The second-order valence-corrected chi connectivity index (χ2v) is 25.8. The summed E-state index contributed by atoms with van der Waals surface area (Å²) in [5.41, 5.74) is 9.75. The van der Waals surface area contributed by atoms with Gasteiger partial charge in [-0.25, -0.2) is 0 Å². The highest BCUT2D eigenvalue weighted by atomic mass is 16.5. The average molecular weight is 1090 g/mol. The summed E-state index contributed by atoms with van der Waals surface area (Å²) >= 11 is 0. The molecule has 6 aromatic rings. The molecule has 0 fully saturated rings. The van der Waals surface area contributed by atoms with Crippen molar-refractivity contribution in [2.24, 2.45) is 0 Å². The molecular formula is C68H91N3O9. The number of hydrogen-bond donors (Lipinski definition) is 8. The number of carbonyl (C=O) groups excluding carboxylic acids is 3. The van der Waals surface area contributed by atoms with Crippen molar-refractivity contribution in [2.75, 3.05) is 22.6 Å². The molecule has 0 heterocycles. The third-order valence-corrected chi connectivity index (χ3v) is 13.4. The fraction of sp³-hybridized carbons (Fsp3) is 0.426. The number of hydrogen-bond acceptors (Lipinski definition) is 9. The molecule has 80 heavy (non-hydrogen) atoms. The van der Waals surface area contributed by atoms with Crippen molar-refractivity contribution in [3.63, 3.8) is 0 Å². The van der Waals surface area contributed by atoms with E-state index in [0.29, 0.717) is 73.8 Å². The van der Waals surface area contributed by atoms with E-state index in [1.807, 2.05) is 74.5 Å². The monoisotopic (exact) mass is 1090 g/mol. The quantitative estimate of drug-likeness (QED) is 0.0489. The van der Waals surface area contributed by atoms with E-state index in [1.54, 1.807) is 36.4 Å². The largest absolute Gasteiger partial charge is 0.508 e. The normalized spacial score (nSPS) is 11.8. The number of carbonyl (C=O) groups is 3. The highest BCUT2D eigenvalue weighted by Gasteiger charge is 2.28. The maximum atomic E-state index is 12.4. The molecule has 0 aliphatic rings. The van der Waals surface area contributed by atoms with Gasteiger partial charge in [0.15, 0.2) is 0 Å². The van der Waals surface area contributed by atoms with Gasteiger partial charge in [-0.05, 0) is 183 Å². The summed E-state index contributed by atoms with van der Waals surface area (Å²) in [5, 5.41) is 59.0. The van der Waals surface area contributed by atoms with Crippen LogP contribution in [0.3, 0.4) is 0 Å². The van der Waals surface area contributed by atoms with Crippen LogP contribution in [0.1, 0.15) is 180 Å². The van der Waals surface area contributed by atoms with Crippen molar-refractivity contribution in [3.8, 4) is 34.5 Å². The van der Waals surface area contributed by atoms with Gasteiger partial charge in [-0.15, -0.1) is 0 Å². The Morgan fingerprint density at radius 2 is 0.637 bits per heavy atom. The van der Waals surface area contributed by atoms with Gasteiger partial charge in [0, 0.05) is 36.3 Å². The lowest BCUT2D eigenvalue weighted by Gasteiger charge is -2.28. The van der Waals surface area contributed by atoms with E-state index >= 15 is 0 Å². The summed E-state index contributed by atoms with van der Waals surface area (Å²) in [4.78, 5) is 36.8. The van der Waals surface area contributed by atoms with Crippen LogP contribution < -0.4 is 20.7 Å². The molecule has 12 nitrogen and oxygen atoms in total. The first-order chi connectivity index (χ1) is 37.0. The number of aromatic hydroxyl groups is 5. The Hall–Kier alpha value is -7.47. The number of aryl methyl sites for hydroxylation is 4. The standard InChI is InChI=1S/C25H35NO3.C23H31NO3.C20H25NO3/c1-8-29-19-12-10-18(11-13-19)26-22(27)14-9-17-15-20(24(2,3)4)23(28)21(16-17)25(5,6)7;1-22(2,3)18-13-15(14-19(21(18)27)23(4,5)6)7-12-20(26)24-16-8-10-17(25)11-9-16;1-13-11-14(12-17(19(13)24)20(2,3)4)5-10-18(23)21-15-6-8-16(22)9-7-15/h10-13,15-16,28H,8-9,14H2,1-7H3,(H,26,27);8-11,13-14,25,27H,7,12H2,1-6H3,(H,24,26);6-9,11-12,22,24H,5,10H2,1-4H3,(H,21,23). The number of benzene rings is 6. The molecular weight excluding hydrogens is 1000 g/mol. The van der Waals surface area contributed by atoms with Crippen molar-refractivity contribution in [1.29, 1.82) is 0 Å². The Bertz CT molecular complexity index is 2960. The maximum Gasteiger partial charge on any atom is 0.224 e. The van der Waals surface area contributed by atoms with Gasteiger partial charge in [0.2, 0.25) is 17.7 Å². The number of rotatable bonds is 14. The summed E-state index contributed by atoms with van der Waals surface area (Å²) in [6, 6.07) is 32.2. The minimum absolute atomic E-state index is 0.0307. The van der Waals surface area contributed by atoms with Gasteiger partial charge < -0.3 is 46.2 Å². The molecule has 0 unspecified atom stereocenters. The molecule has 0 spiro atoms. The van der Waals surface area contributed by atoms with E-state index in [2.05, 4.69) is 120 Å². The molecule has 0 bridgehead atoms. The second kappa shape index (κ2) is 27.1. The number of nitrogens with one attached hydrogen (secondary N) is 3. The van der Waals surface area contributed by atoms with Gasteiger partial charge in [0.1, 0.15) is 34.5 Å². The topological polar surface area (TPSA) is 198 Å². The van der Waals surface area contributed by atoms with E-state index in [0.717, 1.165) is 61.5 Å². The molecule has 3 amide bonds. The molecule has 0 aliphatic heterocycles. The highest BCUT2D eigenvalue weighted by Crippen LogP contribution is 2.42. The number of phenolic OH excluding ortho intramolecular Hbond substituents is 5. The molecule has 0 saturated carbocycles. The maximum absolute atomic E-state index is 12.4. The number of anilines is 3. The highest BCUT2D eigenvalue weighted by molar-refractivity contribution is 5.92. The first kappa shape index (κ1) is 65.1. The fourth-order valence-corrected chi connectivity index (χ4v) is 8.87. The molecule has 6 aromatic carbocycles. The van der Waals surface area contributed by atoms with Crippen LogP contribution in [0, 0.1) is 6.92 Å². The van der Waals surface area contributed by atoms with Crippen LogP contribution in [-0.4, -0.2) is 49.9 Å². The Morgan fingerprint density at radius 3 is 0.900 bits per heavy atom. The van der Waals surface area contributed by atoms with E-state index in [4.69, 9.17) is 4.74 Å². The van der Waals surface area contributed by atoms with Gasteiger partial charge in [0.25, 0.3) is 0 Å². The van der Waals surface area contributed by atoms with E-state index in [1.165, 1.54) is 12.1 Å². The Kier molecular flexibility index (Phi) is 22.1. The van der Waals surface area contributed by atoms with Crippen LogP contribution >= 0.6 is 0 Å². The van der Waals surface area contributed by atoms with Gasteiger partial charge in [-0.1, -0.05) is 140 Å². The SMILES string of the molecule is CC(C)(C)c1cc(CCC(=O)Nc2ccc(O)cc2)cc(C(C)(C)C)c1O.CCOc1ccc(NC(=O)CCc2cc(C(C)(C)C)c(O)c(C(C)(C)C)c2)cc1.Cc1cc(CCC(=O)Nc2ccc(O)cc2)cc(C(C)(C)C)c1O. The third kappa shape index (κ3) is 20.0. The van der Waals surface area contributed by atoms with Gasteiger partial charge in [-0.3, -0.25) is 14.4 Å². The Morgan fingerprint density at radius 1 is 0.388 bits per heavy atom. The predicted molar refractivity (Wildman–Crippen MR) is 327 cm³/mol. The minimum Gasteiger partial charge on any atom is -0.508 e. The molecule has 0 aliphatic carbocycles. The summed E-state index contributed by atoms with van der Waals surface area (Å²) in [6.07, 6.45) is 2.90. The van der Waals surface area contributed by atoms with Crippen LogP contribution in [-0.2, 0) is 60.7 Å². The summed E-state index contributed by atoms with van der Waals surface area (Å²) in [5.74, 6) is 1.99. The van der Waals surface area contributed by atoms with Gasteiger partial charge >= 0.3 is 0 Å². The molecule has 0 saturated heterocycles. The lowest BCUT2D eigenvalue weighted by atomic mass is 9.78. The smallest absolute Gasteiger partial charge is 0.224 e. The lowest BCUT2D eigenvalue weighted by molar-refractivity contribution is -0.117. The Labute approximate surface area is 477 Å². The second-order valence-electron chi connectivity index (χ2n) is 25.8. The van der Waals surface area contributed by atoms with Crippen molar-refractivity contribution in [2.45, 2.75) is 183 Å². The zero-order valence-corrected chi connectivity index (χ0v) is 50.7. The predicted octanol–water partition coefficient (Wildman–Crippen LogP) is 15.5. The van der Waals surface area contributed by atoms with Crippen LogP contribution in [0.25, 0.3) is 0 Å². The lowest BCUT2D eigenvalue weighted by Crippen LogP contribution is -2.18. The van der Waals surface area contributed by atoms with Crippen molar-refractivity contribution in [1.82, 2.24) is 0 Å². The summed E-state index contributed by atoms with van der Waals surface area (Å²) < 4.78 is 5.42. The summed E-state index contributed by atoms with van der Waals surface area (Å²) in [6.45, 7) is 35.7. The van der Waals surface area contributed by atoms with Crippen LogP contribution in [0.2, 0.25) is 0 Å². The zero-order chi connectivity index (χ0) is 60.1. The van der Waals surface area contributed by atoms with Gasteiger partial charge in [0.05, 0.1) is 6.61 Å². The first-order valence-electron chi connectivity index (χ1n) is 27.7. The fourth-order valence-electron chi connectivity index (χ4n) is 8.87. The van der Waals surface area contributed by atoms with Crippen LogP contribution in [0.4, 0.5) is 17.1 Å². The zero-order valence-electron chi connectivity index (χ0n) is 50.7. The number of amides is 3. The molecule has 6 rings (SSSR count). The molecule has 12 heteroatoms. The molecule has 8 N–H and O–H groups in total. The molecule has 0 atom stereocenters. The number of ether oxygens (including phenoxy) is 1. The van der Waals surface area contributed by atoms with E-state index in [-0.39, 0.29) is 56.3 Å². The van der Waals surface area contributed by atoms with Gasteiger partial charge in [-0.2, -0.15) is 0 Å². The van der Waals surface area contributed by atoms with Crippen molar-refractivity contribution >= 4 is 34.8 Å². The molecule has 432 valence electrons. The van der Waals surface area contributed by atoms with E-state index in [9.17, 15) is 39.9 Å². The molecule has 0 radical (unpaired) electrons. The van der Waals surface area contributed by atoms with E-state index < -0.39 is 0 Å². The van der Waals surface area contributed by atoms with Crippen LogP contribution in [0.15, 0.2) is 109 Å². The summed E-state index contributed by atoms with van der Waals surface area (Å²) in [7, 11) is 0. The Balaban J connectivity index is 0.000000259. The average Bonchev–Trinajstić information content (AvgIpc) is 3.37. The van der Waals surface area contributed by atoms with Crippen LogP contribution in [0.5, 0.6) is 34.5 Å². The van der Waals surface area contributed by atoms with Crippen molar-refractivity contribution in [3.05, 3.63) is 159 Å². The number of phenols is 5. The minimum atomic E-state index is -0.186. The molecule has 0 aromatic heterocycles. The first-order valence-corrected chi connectivity index (χ1v) is 27.7.